The van der Waals surface area contributed by atoms with Crippen LogP contribution in [0.2, 0.25) is 0 Å². The summed E-state index contributed by atoms with van der Waals surface area (Å²) < 4.78 is 5.22. The van der Waals surface area contributed by atoms with Gasteiger partial charge < -0.3 is 20.7 Å². The molecule has 3 N–H and O–H groups in total. The van der Waals surface area contributed by atoms with Crippen LogP contribution in [-0.2, 0) is 4.74 Å². The Morgan fingerprint density at radius 3 is 2.67 bits per heavy atom. The molecule has 2 aromatic carbocycles. The molecular formula is C22H27N5O3. The fourth-order valence-corrected chi connectivity index (χ4v) is 3.16. The maximum absolute atomic E-state index is 12.7. The van der Waals surface area contributed by atoms with E-state index in [0.29, 0.717) is 35.6 Å². The van der Waals surface area contributed by atoms with Gasteiger partial charge in [0.2, 0.25) is 0 Å². The molecule has 8 nitrogen and oxygen atoms in total. The number of amides is 2. The van der Waals surface area contributed by atoms with E-state index in [-0.39, 0.29) is 27.8 Å². The molecule has 0 bridgehead atoms. The van der Waals surface area contributed by atoms with Crippen molar-refractivity contribution in [3.05, 3.63) is 72.1 Å². The summed E-state index contributed by atoms with van der Waals surface area (Å²) in [7, 11) is 1.64. The fraction of sp³-hybridized carbons (Fsp3) is 0.182. The number of nitrogens with one attached hydrogen (secondary N) is 1. The Morgan fingerprint density at radius 1 is 1.17 bits per heavy atom. The number of ether oxygens (including phenoxy) is 1. The number of anilines is 2. The average molecular weight is 409 g/mol. The van der Waals surface area contributed by atoms with E-state index in [1.54, 1.807) is 42.3 Å². The Labute approximate surface area is 178 Å². The summed E-state index contributed by atoms with van der Waals surface area (Å²) in [5, 5.41) is 2.75. The van der Waals surface area contributed by atoms with Gasteiger partial charge in [0.05, 0.1) is 18.0 Å². The highest BCUT2D eigenvalue weighted by Crippen LogP contribution is 2.23. The highest BCUT2D eigenvalue weighted by molar-refractivity contribution is 6.06. The second-order valence-electron chi connectivity index (χ2n) is 6.96. The summed E-state index contributed by atoms with van der Waals surface area (Å²) in [6.45, 7) is 1.15. The molecule has 1 aliphatic rings. The number of nitrogen functional groups attached to an aromatic ring is 1. The third-order valence-corrected chi connectivity index (χ3v) is 4.92. The zero-order valence-corrected chi connectivity index (χ0v) is 16.4. The molecule has 1 saturated heterocycles. The number of rotatable bonds is 5. The summed E-state index contributed by atoms with van der Waals surface area (Å²) in [5.74, 6) is -0.493. The summed E-state index contributed by atoms with van der Waals surface area (Å²) in [6, 6.07) is 16.1. The molecule has 1 aromatic heterocycles. The summed E-state index contributed by atoms with van der Waals surface area (Å²) in [5.41, 5.74) is 8.21. The normalized spacial score (nSPS) is 13.6. The van der Waals surface area contributed by atoms with E-state index in [1.165, 1.54) is 6.20 Å². The Balaban J connectivity index is 0.00000181. The van der Waals surface area contributed by atoms with Gasteiger partial charge in [0, 0.05) is 41.3 Å². The molecule has 0 radical (unpaired) electrons. The maximum Gasteiger partial charge on any atom is 0.278 e. The van der Waals surface area contributed by atoms with E-state index < -0.39 is 5.91 Å². The third-order valence-electron chi connectivity index (χ3n) is 4.92. The summed E-state index contributed by atoms with van der Waals surface area (Å²) in [6.07, 6.45) is 1.58. The Hall–Kier alpha value is -3.78. The number of nitrogens with two attached hydrogens (primary N) is 1. The van der Waals surface area contributed by atoms with Crippen molar-refractivity contribution in [2.75, 3.05) is 31.2 Å². The minimum Gasteiger partial charge on any atom is -0.382 e. The zero-order chi connectivity index (χ0) is 21.1. The fourth-order valence-electron chi connectivity index (χ4n) is 3.16. The van der Waals surface area contributed by atoms with Crippen LogP contribution in [0.3, 0.4) is 0 Å². The topological polar surface area (TPSA) is 110 Å². The molecule has 158 valence electrons. The van der Waals surface area contributed by atoms with Gasteiger partial charge in [-0.05, 0) is 24.3 Å². The maximum atomic E-state index is 12.7. The van der Waals surface area contributed by atoms with Crippen LogP contribution in [0.15, 0.2) is 60.8 Å². The predicted molar refractivity (Wildman–Crippen MR) is 119 cm³/mol. The molecule has 8 heteroatoms. The number of benzene rings is 2. The number of methoxy groups -OCH3 is 1. The SMILES string of the molecule is COC1CN(C(=O)c2cccc(-c3cnc(N)c(C(=O)Nc4ccccc4)n3)c2)C1.[HH].[HH].[HH]. The van der Waals surface area contributed by atoms with Crippen LogP contribution < -0.4 is 11.1 Å². The van der Waals surface area contributed by atoms with Gasteiger partial charge in [0.25, 0.3) is 11.8 Å². The van der Waals surface area contributed by atoms with Gasteiger partial charge in [-0.1, -0.05) is 30.3 Å². The first-order chi connectivity index (χ1) is 14.5. The quantitative estimate of drug-likeness (QED) is 0.670. The van der Waals surface area contributed by atoms with E-state index in [2.05, 4.69) is 15.3 Å². The Kier molecular flexibility index (Phi) is 5.40. The lowest BCUT2D eigenvalue weighted by Gasteiger charge is -2.38. The first-order valence-electron chi connectivity index (χ1n) is 9.46. The van der Waals surface area contributed by atoms with Gasteiger partial charge in [-0.3, -0.25) is 9.59 Å². The highest BCUT2D eigenvalue weighted by Gasteiger charge is 2.31. The van der Waals surface area contributed by atoms with Gasteiger partial charge in [-0.2, -0.15) is 0 Å². The van der Waals surface area contributed by atoms with Crippen LogP contribution in [0.1, 0.15) is 25.1 Å². The minimum atomic E-state index is -0.452. The Bertz CT molecular complexity index is 1100. The smallest absolute Gasteiger partial charge is 0.278 e. The molecule has 0 atom stereocenters. The van der Waals surface area contributed by atoms with E-state index in [1.807, 2.05) is 24.3 Å². The van der Waals surface area contributed by atoms with Crippen molar-refractivity contribution in [3.8, 4) is 11.3 Å². The molecule has 0 aliphatic carbocycles. The van der Waals surface area contributed by atoms with E-state index in [0.717, 1.165) is 0 Å². The molecule has 4 rings (SSSR count). The lowest BCUT2D eigenvalue weighted by atomic mass is 10.0. The molecule has 30 heavy (non-hydrogen) atoms. The van der Waals surface area contributed by atoms with Crippen molar-refractivity contribution in [2.24, 2.45) is 0 Å². The number of hydrogen-bond acceptors (Lipinski definition) is 6. The third kappa shape index (κ3) is 3.99. The largest absolute Gasteiger partial charge is 0.382 e. The van der Waals surface area contributed by atoms with Gasteiger partial charge in [0.1, 0.15) is 0 Å². The van der Waals surface area contributed by atoms with Crippen molar-refractivity contribution in [3.63, 3.8) is 0 Å². The van der Waals surface area contributed by atoms with Crippen LogP contribution in [0.25, 0.3) is 11.3 Å². The van der Waals surface area contributed by atoms with Crippen molar-refractivity contribution >= 4 is 23.3 Å². The van der Waals surface area contributed by atoms with E-state index in [9.17, 15) is 9.59 Å². The van der Waals surface area contributed by atoms with Gasteiger partial charge in [0.15, 0.2) is 11.5 Å². The number of aromatic nitrogens is 2. The number of likely N-dealkylation sites (tertiary alicyclic amines) is 1. The van der Waals surface area contributed by atoms with Crippen LogP contribution in [0.4, 0.5) is 11.5 Å². The second-order valence-corrected chi connectivity index (χ2v) is 6.96. The second kappa shape index (κ2) is 8.30. The van der Waals surface area contributed by atoms with Gasteiger partial charge in [-0.25, -0.2) is 9.97 Å². The summed E-state index contributed by atoms with van der Waals surface area (Å²) >= 11 is 0. The van der Waals surface area contributed by atoms with Crippen molar-refractivity contribution < 1.29 is 18.6 Å². The molecule has 0 unspecified atom stereocenters. The average Bonchev–Trinajstić information content (AvgIpc) is 2.74. The molecule has 1 fully saturated rings. The minimum absolute atomic E-state index is 0. The first-order valence-corrected chi connectivity index (χ1v) is 9.46. The first kappa shape index (κ1) is 19.5. The van der Waals surface area contributed by atoms with Gasteiger partial charge in [-0.15, -0.1) is 0 Å². The van der Waals surface area contributed by atoms with Crippen LogP contribution in [0.5, 0.6) is 0 Å². The van der Waals surface area contributed by atoms with E-state index in [4.69, 9.17) is 10.5 Å². The zero-order valence-electron chi connectivity index (χ0n) is 16.4. The Morgan fingerprint density at radius 2 is 1.93 bits per heavy atom. The molecule has 3 aromatic rings. The number of hydrogen-bond donors (Lipinski definition) is 2. The number of carbonyl (C=O) groups excluding carboxylic acids is 2. The van der Waals surface area contributed by atoms with Crippen LogP contribution in [0, 0.1) is 0 Å². The number of carbonyl (C=O) groups is 2. The molecule has 2 heterocycles. The monoisotopic (exact) mass is 409 g/mol. The molecular weight excluding hydrogens is 382 g/mol. The van der Waals surface area contributed by atoms with Crippen molar-refractivity contribution in [1.29, 1.82) is 0 Å². The highest BCUT2D eigenvalue weighted by atomic mass is 16.5. The molecule has 0 spiro atoms. The summed E-state index contributed by atoms with van der Waals surface area (Å²) in [4.78, 5) is 35.5. The van der Waals surface area contributed by atoms with Gasteiger partial charge >= 0.3 is 0 Å². The lowest BCUT2D eigenvalue weighted by molar-refractivity contribution is -0.0191. The lowest BCUT2D eigenvalue weighted by Crippen LogP contribution is -2.54. The molecule has 0 saturated carbocycles. The molecule has 1 aliphatic heterocycles. The van der Waals surface area contributed by atoms with Crippen molar-refractivity contribution in [1.82, 2.24) is 14.9 Å². The van der Waals surface area contributed by atoms with E-state index >= 15 is 0 Å². The molecule has 2 amide bonds. The standard InChI is InChI=1S/C22H21N5O3.3H2/c1-30-17-12-27(13-17)22(29)15-7-5-6-14(10-15)18-11-24-20(23)19(26-18)21(28)25-16-8-3-2-4-9-16;;;/h2-11,17H,12-13H2,1H3,(H2,23,24)(H,25,28);3*1H. The van der Waals surface area contributed by atoms with Crippen LogP contribution >= 0.6 is 0 Å². The van der Waals surface area contributed by atoms with Crippen LogP contribution in [-0.4, -0.2) is 53.0 Å². The predicted octanol–water partition coefficient (Wildman–Crippen LogP) is 3.19. The number of nitrogens with zero attached hydrogens (tertiary/aromatic N) is 3. The van der Waals surface area contributed by atoms with Crippen molar-refractivity contribution in [2.45, 2.75) is 6.10 Å². The number of para-hydroxylation sites is 1.